The summed E-state index contributed by atoms with van der Waals surface area (Å²) in [6.07, 6.45) is -0.225. The number of amides is 1. The van der Waals surface area contributed by atoms with E-state index < -0.39 is 12.2 Å². The lowest BCUT2D eigenvalue weighted by Crippen LogP contribution is -2.29. The monoisotopic (exact) mass is 270 g/mol. The number of nitrogens with zero attached hydrogens (tertiary/aromatic N) is 1. The molecule has 0 unspecified atom stereocenters. The van der Waals surface area contributed by atoms with E-state index in [4.69, 9.17) is 9.47 Å². The Balaban J connectivity index is 2.52. The van der Waals surface area contributed by atoms with E-state index in [0.29, 0.717) is 13.2 Å². The zero-order valence-corrected chi connectivity index (χ0v) is 10.5. The van der Waals surface area contributed by atoms with Gasteiger partial charge in [0.2, 0.25) is 5.88 Å². The number of carbonyl (C=O) groups excluding carboxylic acids is 2. The fourth-order valence-corrected chi connectivity index (χ4v) is 1.04. The van der Waals surface area contributed by atoms with E-state index in [1.807, 2.05) is 0 Å². The molecule has 0 atom stereocenters. The van der Waals surface area contributed by atoms with Crippen molar-refractivity contribution in [2.24, 2.45) is 0 Å². The molecule has 8 heteroatoms. The molecule has 1 aromatic heterocycles. The van der Waals surface area contributed by atoms with Crippen LogP contribution in [-0.2, 0) is 9.47 Å². The van der Waals surface area contributed by atoms with Gasteiger partial charge in [-0.25, -0.2) is 14.6 Å². The van der Waals surface area contributed by atoms with Gasteiger partial charge in [-0.2, -0.15) is 0 Å². The summed E-state index contributed by atoms with van der Waals surface area (Å²) >= 11 is 0. The molecule has 0 aromatic carbocycles. The number of aromatic nitrogens is 1. The number of ether oxygens (including phenoxy) is 4. The van der Waals surface area contributed by atoms with Gasteiger partial charge in [0.15, 0.2) is 0 Å². The van der Waals surface area contributed by atoms with Crippen molar-refractivity contribution >= 4 is 12.2 Å². The molecule has 0 saturated carbocycles. The molecule has 0 fully saturated rings. The van der Waals surface area contributed by atoms with Gasteiger partial charge in [0.25, 0.3) is 0 Å². The van der Waals surface area contributed by atoms with E-state index in [2.05, 4.69) is 19.8 Å². The molecule has 0 saturated heterocycles. The van der Waals surface area contributed by atoms with Crippen molar-refractivity contribution in [2.75, 3.05) is 27.4 Å². The fraction of sp³-hybridized carbons (Fsp3) is 0.364. The van der Waals surface area contributed by atoms with Gasteiger partial charge in [0.05, 0.1) is 13.7 Å². The minimum absolute atomic E-state index is 0.0333. The van der Waals surface area contributed by atoms with E-state index in [9.17, 15) is 9.59 Å². The van der Waals surface area contributed by atoms with Crippen LogP contribution in [0.1, 0.15) is 0 Å². The van der Waals surface area contributed by atoms with Crippen LogP contribution in [0, 0.1) is 0 Å². The first kappa shape index (κ1) is 14.7. The first-order valence-corrected chi connectivity index (χ1v) is 5.32. The van der Waals surface area contributed by atoms with Gasteiger partial charge in [0.1, 0.15) is 5.75 Å². The average molecular weight is 270 g/mol. The normalized spacial score (nSPS) is 9.58. The second kappa shape index (κ2) is 7.88. The topological polar surface area (TPSA) is 96.0 Å². The highest BCUT2D eigenvalue weighted by Gasteiger charge is 2.08. The van der Waals surface area contributed by atoms with Crippen LogP contribution in [0.3, 0.4) is 0 Å². The Bertz CT molecular complexity index is 437. The maximum atomic E-state index is 11.3. The predicted molar refractivity (Wildman–Crippen MR) is 63.2 cm³/mol. The van der Waals surface area contributed by atoms with Crippen LogP contribution in [0.2, 0.25) is 0 Å². The van der Waals surface area contributed by atoms with E-state index >= 15 is 0 Å². The van der Waals surface area contributed by atoms with Crippen molar-refractivity contribution in [3.63, 3.8) is 0 Å². The Labute approximate surface area is 109 Å². The summed E-state index contributed by atoms with van der Waals surface area (Å²) in [5.74, 6) is 0.151. The molecule has 8 nitrogen and oxygen atoms in total. The van der Waals surface area contributed by atoms with Crippen LogP contribution in [0.5, 0.6) is 11.6 Å². The highest BCUT2D eigenvalue weighted by Crippen LogP contribution is 2.16. The third-order valence-corrected chi connectivity index (χ3v) is 1.85. The largest absolute Gasteiger partial charge is 0.514 e. The molecule has 1 N–H and O–H groups in total. The van der Waals surface area contributed by atoms with Crippen LogP contribution < -0.4 is 14.8 Å². The van der Waals surface area contributed by atoms with Crippen molar-refractivity contribution < 1.29 is 28.5 Å². The number of hydrogen-bond donors (Lipinski definition) is 1. The highest BCUT2D eigenvalue weighted by molar-refractivity contribution is 5.70. The second-order valence-electron chi connectivity index (χ2n) is 3.20. The molecule has 19 heavy (non-hydrogen) atoms. The molecule has 1 aromatic rings. The van der Waals surface area contributed by atoms with Gasteiger partial charge < -0.3 is 24.3 Å². The molecule has 0 aliphatic rings. The molecule has 0 aliphatic heterocycles. The summed E-state index contributed by atoms with van der Waals surface area (Å²) < 4.78 is 18.7. The summed E-state index contributed by atoms with van der Waals surface area (Å²) in [7, 11) is 2.69. The number of carbonyl (C=O) groups is 2. The molecular formula is C11H14N2O6. The molecule has 1 heterocycles. The van der Waals surface area contributed by atoms with Gasteiger partial charge in [-0.3, -0.25) is 0 Å². The van der Waals surface area contributed by atoms with Crippen molar-refractivity contribution in [1.29, 1.82) is 0 Å². The summed E-state index contributed by atoms with van der Waals surface area (Å²) in [5.41, 5.74) is 0. The molecule has 1 rings (SSSR count). The quantitative estimate of drug-likeness (QED) is 0.628. The van der Waals surface area contributed by atoms with Crippen molar-refractivity contribution in [1.82, 2.24) is 10.3 Å². The fourth-order valence-electron chi connectivity index (χ4n) is 1.04. The van der Waals surface area contributed by atoms with Crippen molar-refractivity contribution in [3.05, 3.63) is 18.3 Å². The Morgan fingerprint density at radius 3 is 2.79 bits per heavy atom. The van der Waals surface area contributed by atoms with E-state index in [0.717, 1.165) is 0 Å². The van der Waals surface area contributed by atoms with Gasteiger partial charge in [-0.05, 0) is 6.07 Å². The second-order valence-corrected chi connectivity index (χ2v) is 3.20. The lowest BCUT2D eigenvalue weighted by molar-refractivity contribution is 0.119. The third kappa shape index (κ3) is 5.68. The molecular weight excluding hydrogens is 256 g/mol. The highest BCUT2D eigenvalue weighted by atomic mass is 16.7. The van der Waals surface area contributed by atoms with E-state index in [1.54, 1.807) is 0 Å². The average Bonchev–Trinajstić information content (AvgIpc) is 2.39. The Hall–Kier alpha value is -2.35. The third-order valence-electron chi connectivity index (χ3n) is 1.85. The number of methoxy groups -OCH3 is 2. The summed E-state index contributed by atoms with van der Waals surface area (Å²) in [6.45, 7) is 0.702. The Morgan fingerprint density at radius 1 is 1.32 bits per heavy atom. The predicted octanol–water partition coefficient (Wildman–Crippen LogP) is 0.962. The lowest BCUT2D eigenvalue weighted by Gasteiger charge is -2.07. The molecule has 0 radical (unpaired) electrons. The molecule has 104 valence electrons. The van der Waals surface area contributed by atoms with Crippen LogP contribution in [0.4, 0.5) is 9.59 Å². The molecule has 0 spiro atoms. The SMILES string of the molecule is COCCNC(=O)Oc1ccnc(OC(=O)OC)c1. The summed E-state index contributed by atoms with van der Waals surface area (Å²) in [5, 5.41) is 2.46. The van der Waals surface area contributed by atoms with Gasteiger partial charge in [-0.15, -0.1) is 0 Å². The lowest BCUT2D eigenvalue weighted by atomic mass is 10.4. The minimum Gasteiger partial charge on any atom is -0.437 e. The number of pyridine rings is 1. The Kier molecular flexibility index (Phi) is 6.10. The van der Waals surface area contributed by atoms with Crippen LogP contribution in [-0.4, -0.2) is 44.6 Å². The zero-order chi connectivity index (χ0) is 14.1. The van der Waals surface area contributed by atoms with Crippen LogP contribution in [0.15, 0.2) is 18.3 Å². The number of hydrogen-bond acceptors (Lipinski definition) is 7. The number of rotatable bonds is 5. The van der Waals surface area contributed by atoms with Crippen molar-refractivity contribution in [2.45, 2.75) is 0 Å². The van der Waals surface area contributed by atoms with Gasteiger partial charge in [-0.1, -0.05) is 0 Å². The van der Waals surface area contributed by atoms with Crippen LogP contribution >= 0.6 is 0 Å². The zero-order valence-electron chi connectivity index (χ0n) is 10.5. The molecule has 1 amide bonds. The van der Waals surface area contributed by atoms with E-state index in [-0.39, 0.29) is 11.6 Å². The van der Waals surface area contributed by atoms with Gasteiger partial charge in [0, 0.05) is 25.9 Å². The summed E-state index contributed by atoms with van der Waals surface area (Å²) in [6, 6.07) is 2.73. The first-order chi connectivity index (χ1) is 9.15. The maximum Gasteiger partial charge on any atom is 0.514 e. The first-order valence-electron chi connectivity index (χ1n) is 5.32. The summed E-state index contributed by atoms with van der Waals surface area (Å²) in [4.78, 5) is 26.0. The van der Waals surface area contributed by atoms with Crippen molar-refractivity contribution in [3.8, 4) is 11.6 Å². The minimum atomic E-state index is -0.908. The number of nitrogens with one attached hydrogen (secondary N) is 1. The molecule has 0 aliphatic carbocycles. The smallest absolute Gasteiger partial charge is 0.437 e. The van der Waals surface area contributed by atoms with Crippen LogP contribution in [0.25, 0.3) is 0 Å². The van der Waals surface area contributed by atoms with E-state index in [1.165, 1.54) is 32.5 Å². The standard InChI is InChI=1S/C11H14N2O6/c1-16-6-5-13-10(14)18-8-3-4-12-9(7-8)19-11(15)17-2/h3-4,7H,5-6H2,1-2H3,(H,13,14). The van der Waals surface area contributed by atoms with Gasteiger partial charge >= 0.3 is 12.2 Å². The maximum absolute atomic E-state index is 11.3. The Morgan fingerprint density at radius 2 is 2.11 bits per heavy atom. The molecule has 0 bridgehead atoms.